The van der Waals surface area contributed by atoms with E-state index >= 15 is 0 Å². The Bertz CT molecular complexity index is 1180. The highest BCUT2D eigenvalue weighted by molar-refractivity contribution is 7.89. The normalized spacial score (nSPS) is 13.5. The van der Waals surface area contributed by atoms with Gasteiger partial charge in [-0.1, -0.05) is 6.07 Å². The lowest BCUT2D eigenvalue weighted by molar-refractivity contribution is 0.174. The molecule has 8 nitrogen and oxygen atoms in total. The number of ether oxygens (including phenoxy) is 2. The van der Waals surface area contributed by atoms with Crippen LogP contribution in [-0.2, 0) is 23.6 Å². The number of aryl methyl sites for hydroxylation is 2. The summed E-state index contributed by atoms with van der Waals surface area (Å²) in [5, 5.41) is 0. The predicted octanol–water partition coefficient (Wildman–Crippen LogP) is 1.65. The van der Waals surface area contributed by atoms with Crippen molar-refractivity contribution in [1.82, 2.24) is 9.29 Å². The van der Waals surface area contributed by atoms with E-state index in [2.05, 4.69) is 4.72 Å². The molecule has 0 saturated heterocycles. The number of nitrogens with one attached hydrogen (secondary N) is 1. The second-order valence-electron chi connectivity index (χ2n) is 6.02. The number of oxazole rings is 1. The molecule has 0 aliphatic carbocycles. The van der Waals surface area contributed by atoms with E-state index in [0.29, 0.717) is 22.6 Å². The van der Waals surface area contributed by atoms with E-state index in [4.69, 9.17) is 13.9 Å². The maximum absolute atomic E-state index is 12.7. The SMILES string of the molecule is Cc1cc2c(cc1S(=O)(=O)NCc1ccc3c(c1)OCO3)oc(=O)n2C. The molecular formula is C17H16N2O6S. The van der Waals surface area contributed by atoms with Crippen LogP contribution in [0.5, 0.6) is 11.5 Å². The van der Waals surface area contributed by atoms with Crippen molar-refractivity contribution < 1.29 is 22.3 Å². The molecule has 0 bridgehead atoms. The van der Waals surface area contributed by atoms with Crippen LogP contribution in [0, 0.1) is 6.92 Å². The number of fused-ring (bicyclic) bond motifs is 2. The number of nitrogens with zero attached hydrogens (tertiary/aromatic N) is 1. The van der Waals surface area contributed by atoms with Gasteiger partial charge in [0.25, 0.3) is 0 Å². The molecule has 1 aliphatic heterocycles. The number of benzene rings is 2. The molecule has 0 saturated carbocycles. The fraction of sp³-hybridized carbons (Fsp3) is 0.235. The molecule has 136 valence electrons. The lowest BCUT2D eigenvalue weighted by Crippen LogP contribution is -2.24. The minimum atomic E-state index is -3.79. The summed E-state index contributed by atoms with van der Waals surface area (Å²) in [5.74, 6) is 0.685. The van der Waals surface area contributed by atoms with E-state index < -0.39 is 15.8 Å². The van der Waals surface area contributed by atoms with Gasteiger partial charge in [-0.05, 0) is 36.2 Å². The molecule has 0 fully saturated rings. The molecule has 0 radical (unpaired) electrons. The zero-order valence-corrected chi connectivity index (χ0v) is 14.9. The van der Waals surface area contributed by atoms with E-state index in [9.17, 15) is 13.2 Å². The van der Waals surface area contributed by atoms with E-state index in [0.717, 1.165) is 5.56 Å². The lowest BCUT2D eigenvalue weighted by Gasteiger charge is -2.10. The Morgan fingerprint density at radius 1 is 1.15 bits per heavy atom. The lowest BCUT2D eigenvalue weighted by atomic mass is 10.2. The monoisotopic (exact) mass is 376 g/mol. The molecule has 1 N–H and O–H groups in total. The number of sulfonamides is 1. The summed E-state index contributed by atoms with van der Waals surface area (Å²) in [6, 6.07) is 8.23. The van der Waals surface area contributed by atoms with Crippen LogP contribution in [-0.4, -0.2) is 19.8 Å². The molecule has 3 aromatic rings. The summed E-state index contributed by atoms with van der Waals surface area (Å²) in [5.41, 5.74) is 2.03. The molecule has 1 aromatic heterocycles. The molecule has 0 spiro atoms. The van der Waals surface area contributed by atoms with Gasteiger partial charge < -0.3 is 13.9 Å². The standard InChI is InChI=1S/C17H16N2O6S/c1-10-5-12-14(25-17(20)19(12)2)7-16(10)26(21,22)18-8-11-3-4-13-15(6-11)24-9-23-13/h3-7,18H,8-9H2,1-2H3. The Morgan fingerprint density at radius 2 is 1.92 bits per heavy atom. The number of hydrogen-bond donors (Lipinski definition) is 1. The number of rotatable bonds is 4. The molecule has 0 atom stereocenters. The summed E-state index contributed by atoms with van der Waals surface area (Å²) in [7, 11) is -2.22. The molecule has 0 unspecified atom stereocenters. The third kappa shape index (κ3) is 2.74. The average molecular weight is 376 g/mol. The highest BCUT2D eigenvalue weighted by Gasteiger charge is 2.20. The summed E-state index contributed by atoms with van der Waals surface area (Å²) < 4.78 is 44.9. The Balaban J connectivity index is 1.63. The fourth-order valence-electron chi connectivity index (χ4n) is 2.86. The number of hydrogen-bond acceptors (Lipinski definition) is 6. The second kappa shape index (κ2) is 5.89. The van der Waals surface area contributed by atoms with Crippen LogP contribution in [0.2, 0.25) is 0 Å². The largest absolute Gasteiger partial charge is 0.454 e. The number of aromatic nitrogens is 1. The van der Waals surface area contributed by atoms with Crippen molar-refractivity contribution >= 4 is 21.1 Å². The van der Waals surface area contributed by atoms with Gasteiger partial charge in [0.15, 0.2) is 17.1 Å². The van der Waals surface area contributed by atoms with Gasteiger partial charge in [-0.2, -0.15) is 0 Å². The maximum atomic E-state index is 12.7. The van der Waals surface area contributed by atoms with Crippen LogP contribution in [0.1, 0.15) is 11.1 Å². The van der Waals surface area contributed by atoms with Crippen LogP contribution in [0.3, 0.4) is 0 Å². The van der Waals surface area contributed by atoms with E-state index in [1.165, 1.54) is 10.6 Å². The van der Waals surface area contributed by atoms with Gasteiger partial charge >= 0.3 is 5.76 Å². The summed E-state index contributed by atoms with van der Waals surface area (Å²) >= 11 is 0. The smallest absolute Gasteiger partial charge is 0.419 e. The van der Waals surface area contributed by atoms with Crippen molar-refractivity contribution in [2.75, 3.05) is 6.79 Å². The van der Waals surface area contributed by atoms with Gasteiger partial charge in [0, 0.05) is 19.7 Å². The third-order valence-electron chi connectivity index (χ3n) is 4.28. The van der Waals surface area contributed by atoms with Crippen molar-refractivity contribution in [1.29, 1.82) is 0 Å². The first-order chi connectivity index (χ1) is 12.3. The van der Waals surface area contributed by atoms with Crippen molar-refractivity contribution in [2.45, 2.75) is 18.4 Å². The Kier molecular flexibility index (Phi) is 3.78. The van der Waals surface area contributed by atoms with Crippen molar-refractivity contribution in [3.63, 3.8) is 0 Å². The minimum Gasteiger partial charge on any atom is -0.454 e. The van der Waals surface area contributed by atoms with Crippen LogP contribution in [0.25, 0.3) is 11.1 Å². The van der Waals surface area contributed by atoms with Gasteiger partial charge in [-0.15, -0.1) is 0 Å². The van der Waals surface area contributed by atoms with E-state index in [1.807, 2.05) is 0 Å². The summed E-state index contributed by atoms with van der Waals surface area (Å²) in [6.07, 6.45) is 0. The van der Waals surface area contributed by atoms with Gasteiger partial charge in [0.2, 0.25) is 16.8 Å². The first kappa shape index (κ1) is 16.7. The summed E-state index contributed by atoms with van der Waals surface area (Å²) in [6.45, 7) is 1.92. The molecule has 26 heavy (non-hydrogen) atoms. The zero-order valence-electron chi connectivity index (χ0n) is 14.1. The Labute approximate surface area is 149 Å². The zero-order chi connectivity index (χ0) is 18.5. The minimum absolute atomic E-state index is 0.0695. The second-order valence-corrected chi connectivity index (χ2v) is 7.76. The fourth-order valence-corrected chi connectivity index (χ4v) is 4.11. The van der Waals surface area contributed by atoms with Crippen LogP contribution >= 0.6 is 0 Å². The molecule has 2 heterocycles. The predicted molar refractivity (Wildman–Crippen MR) is 92.8 cm³/mol. The topological polar surface area (TPSA) is 99.8 Å². The van der Waals surface area contributed by atoms with Crippen molar-refractivity contribution in [2.24, 2.45) is 7.05 Å². The van der Waals surface area contributed by atoms with Gasteiger partial charge in [-0.3, -0.25) is 4.57 Å². The highest BCUT2D eigenvalue weighted by atomic mass is 32.2. The van der Waals surface area contributed by atoms with Gasteiger partial charge in [0.05, 0.1) is 10.4 Å². The Hall–Kier alpha value is -2.78. The molecule has 2 aromatic carbocycles. The first-order valence-corrected chi connectivity index (χ1v) is 9.32. The van der Waals surface area contributed by atoms with Crippen LogP contribution < -0.4 is 20.0 Å². The Morgan fingerprint density at radius 3 is 2.73 bits per heavy atom. The van der Waals surface area contributed by atoms with Gasteiger partial charge in [0.1, 0.15) is 0 Å². The molecule has 0 amide bonds. The average Bonchev–Trinajstić information content (AvgIpc) is 3.17. The van der Waals surface area contributed by atoms with Crippen molar-refractivity contribution in [3.05, 3.63) is 52.0 Å². The van der Waals surface area contributed by atoms with E-state index in [1.54, 1.807) is 38.2 Å². The van der Waals surface area contributed by atoms with Gasteiger partial charge in [-0.25, -0.2) is 17.9 Å². The van der Waals surface area contributed by atoms with Crippen LogP contribution in [0.4, 0.5) is 0 Å². The molecular weight excluding hydrogens is 360 g/mol. The van der Waals surface area contributed by atoms with E-state index in [-0.39, 0.29) is 23.8 Å². The van der Waals surface area contributed by atoms with Crippen molar-refractivity contribution in [3.8, 4) is 11.5 Å². The highest BCUT2D eigenvalue weighted by Crippen LogP contribution is 2.32. The van der Waals surface area contributed by atoms with Crippen LogP contribution in [0.15, 0.2) is 44.4 Å². The third-order valence-corrected chi connectivity index (χ3v) is 5.83. The first-order valence-electron chi connectivity index (χ1n) is 7.83. The molecule has 1 aliphatic rings. The molecule has 9 heteroatoms. The molecule has 4 rings (SSSR count). The summed E-state index contributed by atoms with van der Waals surface area (Å²) in [4.78, 5) is 11.7. The quantitative estimate of drug-likeness (QED) is 0.743. The maximum Gasteiger partial charge on any atom is 0.419 e.